The van der Waals surface area contributed by atoms with Gasteiger partial charge in [-0.3, -0.25) is 4.79 Å². The van der Waals surface area contributed by atoms with E-state index in [4.69, 9.17) is 11.6 Å². The number of nitrogens with one attached hydrogen (secondary N) is 1. The van der Waals surface area contributed by atoms with Crippen molar-refractivity contribution >= 4 is 17.5 Å². The zero-order chi connectivity index (χ0) is 14.9. The predicted molar refractivity (Wildman–Crippen MR) is 83.1 cm³/mol. The number of carbonyl (C=O) groups excluding carboxylic acids is 1. The summed E-state index contributed by atoms with van der Waals surface area (Å²) in [5, 5.41) is 13.7. The quantitative estimate of drug-likeness (QED) is 0.899. The third kappa shape index (κ3) is 3.09. The monoisotopic (exact) mass is 307 g/mol. The molecule has 3 rings (SSSR count). The summed E-state index contributed by atoms with van der Waals surface area (Å²) in [6.45, 7) is 0. The molecule has 0 spiro atoms. The summed E-state index contributed by atoms with van der Waals surface area (Å²) in [4.78, 5) is 12.5. The zero-order valence-corrected chi connectivity index (χ0v) is 12.9. The molecule has 1 aromatic rings. The van der Waals surface area contributed by atoms with Gasteiger partial charge in [0, 0.05) is 10.9 Å². The molecule has 0 saturated heterocycles. The highest BCUT2D eigenvalue weighted by Gasteiger charge is 2.41. The van der Waals surface area contributed by atoms with Gasteiger partial charge in [-0.05, 0) is 56.2 Å². The highest BCUT2D eigenvalue weighted by Crippen LogP contribution is 2.42. The van der Waals surface area contributed by atoms with Gasteiger partial charge in [0.05, 0.1) is 11.6 Å². The Kier molecular flexibility index (Phi) is 4.23. The molecule has 2 aliphatic carbocycles. The van der Waals surface area contributed by atoms with Crippen molar-refractivity contribution in [1.29, 1.82) is 0 Å². The van der Waals surface area contributed by atoms with Crippen LogP contribution in [-0.2, 0) is 10.3 Å². The summed E-state index contributed by atoms with van der Waals surface area (Å²) in [5.41, 5.74) is 0.923. The third-order valence-corrected chi connectivity index (χ3v) is 5.24. The van der Waals surface area contributed by atoms with Crippen LogP contribution in [0.15, 0.2) is 24.3 Å². The Labute approximate surface area is 130 Å². The Morgan fingerprint density at radius 3 is 2.48 bits per heavy atom. The van der Waals surface area contributed by atoms with Crippen LogP contribution in [0.4, 0.5) is 0 Å². The maximum absolute atomic E-state index is 12.5. The topological polar surface area (TPSA) is 49.3 Å². The fourth-order valence-corrected chi connectivity index (χ4v) is 3.65. The van der Waals surface area contributed by atoms with E-state index in [0.717, 1.165) is 49.1 Å². The second-order valence-corrected chi connectivity index (χ2v) is 6.89. The van der Waals surface area contributed by atoms with Crippen molar-refractivity contribution in [3.8, 4) is 0 Å². The van der Waals surface area contributed by atoms with Crippen LogP contribution in [0.2, 0.25) is 5.02 Å². The Morgan fingerprint density at radius 2 is 1.90 bits per heavy atom. The second kappa shape index (κ2) is 5.98. The van der Waals surface area contributed by atoms with Gasteiger partial charge < -0.3 is 10.4 Å². The van der Waals surface area contributed by atoms with Crippen molar-refractivity contribution in [3.63, 3.8) is 0 Å². The lowest BCUT2D eigenvalue weighted by Crippen LogP contribution is -2.53. The van der Waals surface area contributed by atoms with Gasteiger partial charge in [-0.1, -0.05) is 30.2 Å². The van der Waals surface area contributed by atoms with Crippen molar-refractivity contribution in [3.05, 3.63) is 34.9 Å². The fourth-order valence-electron chi connectivity index (χ4n) is 3.53. The number of rotatable bonds is 3. The Morgan fingerprint density at radius 1 is 1.19 bits per heavy atom. The minimum atomic E-state index is -0.317. The van der Waals surface area contributed by atoms with Crippen LogP contribution < -0.4 is 5.32 Å². The third-order valence-electron chi connectivity index (χ3n) is 4.98. The number of aliphatic hydroxyl groups is 1. The molecule has 21 heavy (non-hydrogen) atoms. The molecular formula is C17H22ClNO2. The molecule has 2 saturated carbocycles. The van der Waals surface area contributed by atoms with E-state index in [0.29, 0.717) is 6.42 Å². The lowest BCUT2D eigenvalue weighted by Gasteiger charge is -2.44. The zero-order valence-electron chi connectivity index (χ0n) is 12.1. The molecule has 0 bridgehead atoms. The highest BCUT2D eigenvalue weighted by atomic mass is 35.5. The summed E-state index contributed by atoms with van der Waals surface area (Å²) in [6.07, 6.45) is 6.03. The van der Waals surface area contributed by atoms with Gasteiger partial charge >= 0.3 is 0 Å². The van der Waals surface area contributed by atoms with Crippen LogP contribution in [-0.4, -0.2) is 17.1 Å². The van der Waals surface area contributed by atoms with Gasteiger partial charge in [-0.25, -0.2) is 0 Å². The molecule has 0 unspecified atom stereocenters. The SMILES string of the molecule is O=C(NC1(c2ccc(Cl)cc2)CCC1)[C@@H]1CCC[C@H](O)C1. The van der Waals surface area contributed by atoms with Crippen molar-refractivity contribution in [2.24, 2.45) is 5.92 Å². The molecule has 2 atom stereocenters. The van der Waals surface area contributed by atoms with E-state index >= 15 is 0 Å². The number of carbonyl (C=O) groups is 1. The van der Waals surface area contributed by atoms with Crippen LogP contribution in [0.25, 0.3) is 0 Å². The maximum Gasteiger partial charge on any atom is 0.223 e. The molecule has 0 aliphatic heterocycles. The standard InChI is InChI=1S/C17H22ClNO2/c18-14-7-5-13(6-8-14)17(9-2-10-17)19-16(21)12-3-1-4-15(20)11-12/h5-8,12,15,20H,1-4,9-11H2,(H,19,21)/t12-,15+/m1/s1. The highest BCUT2D eigenvalue weighted by molar-refractivity contribution is 6.30. The summed E-state index contributed by atoms with van der Waals surface area (Å²) in [6, 6.07) is 7.79. The Bertz CT molecular complexity index is 510. The minimum Gasteiger partial charge on any atom is -0.393 e. The number of hydrogen-bond acceptors (Lipinski definition) is 2. The largest absolute Gasteiger partial charge is 0.393 e. The van der Waals surface area contributed by atoms with Crippen LogP contribution in [0.1, 0.15) is 50.5 Å². The second-order valence-electron chi connectivity index (χ2n) is 6.45. The smallest absolute Gasteiger partial charge is 0.223 e. The molecule has 3 nitrogen and oxygen atoms in total. The molecule has 0 aromatic heterocycles. The van der Waals surface area contributed by atoms with Crippen LogP contribution in [0.3, 0.4) is 0 Å². The molecule has 4 heteroatoms. The molecule has 1 amide bonds. The summed E-state index contributed by atoms with van der Waals surface area (Å²) in [5.74, 6) is 0.0573. The first kappa shape index (κ1) is 14.9. The Hall–Kier alpha value is -1.06. The molecule has 2 aliphatic rings. The van der Waals surface area contributed by atoms with E-state index in [1.54, 1.807) is 0 Å². The molecule has 2 fully saturated rings. The van der Waals surface area contributed by atoms with Crippen molar-refractivity contribution in [2.45, 2.75) is 56.6 Å². The normalized spacial score (nSPS) is 27.7. The summed E-state index contributed by atoms with van der Waals surface area (Å²) in [7, 11) is 0. The average molecular weight is 308 g/mol. The van der Waals surface area contributed by atoms with E-state index in [2.05, 4.69) is 5.32 Å². The average Bonchev–Trinajstić information content (AvgIpc) is 2.44. The van der Waals surface area contributed by atoms with E-state index in [-0.39, 0.29) is 23.5 Å². The molecule has 0 radical (unpaired) electrons. The number of hydrogen-bond donors (Lipinski definition) is 2. The van der Waals surface area contributed by atoms with Gasteiger partial charge in [-0.2, -0.15) is 0 Å². The van der Waals surface area contributed by atoms with Crippen LogP contribution in [0.5, 0.6) is 0 Å². The summed E-state index contributed by atoms with van der Waals surface area (Å²) < 4.78 is 0. The van der Waals surface area contributed by atoms with Crippen molar-refractivity contribution in [2.75, 3.05) is 0 Å². The number of aliphatic hydroxyl groups excluding tert-OH is 1. The van der Waals surface area contributed by atoms with Crippen LogP contribution in [0, 0.1) is 5.92 Å². The predicted octanol–water partition coefficient (Wildman–Crippen LogP) is 3.39. The number of halogens is 1. The lowest BCUT2D eigenvalue weighted by atomic mass is 9.71. The minimum absolute atomic E-state index is 0.0430. The summed E-state index contributed by atoms with van der Waals surface area (Å²) >= 11 is 5.95. The van der Waals surface area contributed by atoms with E-state index in [9.17, 15) is 9.90 Å². The van der Waals surface area contributed by atoms with Gasteiger partial charge in [0.25, 0.3) is 0 Å². The van der Waals surface area contributed by atoms with E-state index < -0.39 is 0 Å². The van der Waals surface area contributed by atoms with Gasteiger partial charge in [0.1, 0.15) is 0 Å². The number of amides is 1. The maximum atomic E-state index is 12.5. The lowest BCUT2D eigenvalue weighted by molar-refractivity contribution is -0.130. The van der Waals surface area contributed by atoms with Gasteiger partial charge in [0.15, 0.2) is 0 Å². The van der Waals surface area contributed by atoms with Crippen molar-refractivity contribution in [1.82, 2.24) is 5.32 Å². The molecule has 1 aromatic carbocycles. The molecule has 2 N–H and O–H groups in total. The van der Waals surface area contributed by atoms with Gasteiger partial charge in [-0.15, -0.1) is 0 Å². The molecule has 0 heterocycles. The van der Waals surface area contributed by atoms with Crippen LogP contribution >= 0.6 is 11.6 Å². The fraction of sp³-hybridized carbons (Fsp3) is 0.588. The Balaban J connectivity index is 1.71. The molecule has 114 valence electrons. The van der Waals surface area contributed by atoms with E-state index in [1.165, 1.54) is 0 Å². The van der Waals surface area contributed by atoms with Crippen molar-refractivity contribution < 1.29 is 9.90 Å². The number of benzene rings is 1. The first-order valence-electron chi connectivity index (χ1n) is 7.85. The van der Waals surface area contributed by atoms with E-state index in [1.807, 2.05) is 24.3 Å². The van der Waals surface area contributed by atoms with Gasteiger partial charge in [0.2, 0.25) is 5.91 Å². The first-order chi connectivity index (χ1) is 10.1. The molecular weight excluding hydrogens is 286 g/mol. The first-order valence-corrected chi connectivity index (χ1v) is 8.23.